The van der Waals surface area contributed by atoms with Crippen molar-refractivity contribution >= 4 is 17.5 Å². The Kier molecular flexibility index (Phi) is 17.3. The predicted molar refractivity (Wildman–Crippen MR) is 188 cm³/mol. The zero-order valence-corrected chi connectivity index (χ0v) is 30.3. The highest BCUT2D eigenvalue weighted by Crippen LogP contribution is 2.48. The van der Waals surface area contributed by atoms with Crippen molar-refractivity contribution in [3.05, 3.63) is 76.0 Å². The molecule has 1 spiro atoms. The van der Waals surface area contributed by atoms with E-state index in [1.807, 2.05) is 44.2 Å². The monoisotopic (exact) mass is 714 g/mol. The minimum Gasteiger partial charge on any atom is -0.488 e. The first kappa shape index (κ1) is 40.4. The van der Waals surface area contributed by atoms with Crippen LogP contribution in [0.1, 0.15) is 53.5 Å². The first-order valence-corrected chi connectivity index (χ1v) is 17.8. The smallest absolute Gasteiger partial charge is 0.343 e. The molecule has 1 heterocycles. The Labute approximate surface area is 301 Å². The molecule has 0 radical (unpaired) electrons. The topological polar surface area (TPSA) is 137 Å². The van der Waals surface area contributed by atoms with Crippen molar-refractivity contribution in [1.29, 1.82) is 0 Å². The maximum Gasteiger partial charge on any atom is 0.343 e. The second-order valence-corrected chi connectivity index (χ2v) is 12.7. The lowest BCUT2D eigenvalue weighted by Crippen LogP contribution is -2.40. The van der Waals surface area contributed by atoms with E-state index in [1.165, 1.54) is 0 Å². The van der Waals surface area contributed by atoms with Crippen molar-refractivity contribution in [1.82, 2.24) is 0 Å². The predicted octanol–water partition coefficient (Wildman–Crippen LogP) is 4.98. The summed E-state index contributed by atoms with van der Waals surface area (Å²) in [5.74, 6) is -0.671. The zero-order valence-electron chi connectivity index (χ0n) is 30.3. The number of carboxylic acid groups (broad SMARTS) is 1. The summed E-state index contributed by atoms with van der Waals surface area (Å²) in [6.45, 7) is 11.3. The van der Waals surface area contributed by atoms with Crippen LogP contribution < -0.4 is 0 Å². The molecule has 1 fully saturated rings. The van der Waals surface area contributed by atoms with Crippen molar-refractivity contribution in [3.63, 3.8) is 0 Å². The maximum absolute atomic E-state index is 13.6. The van der Waals surface area contributed by atoms with E-state index in [0.717, 1.165) is 40.7 Å². The molecular formula is C39H54O12. The van der Waals surface area contributed by atoms with Crippen LogP contribution in [0, 0.1) is 20.8 Å². The molecule has 0 saturated heterocycles. The number of aryl methyl sites for hydroxylation is 3. The summed E-state index contributed by atoms with van der Waals surface area (Å²) in [7, 11) is 0. The molecule has 1 N–H and O–H groups in total. The number of aliphatic carboxylic acids is 1. The molecule has 2 aromatic rings. The lowest BCUT2D eigenvalue weighted by Gasteiger charge is -2.37. The van der Waals surface area contributed by atoms with Crippen LogP contribution in [0.4, 0.5) is 0 Å². The molecular weight excluding hydrogens is 660 g/mol. The van der Waals surface area contributed by atoms with Crippen LogP contribution in [-0.2, 0) is 58.8 Å². The molecule has 2 aliphatic rings. The number of ether oxygens (including phenoxy) is 9. The molecule has 282 valence electrons. The summed E-state index contributed by atoms with van der Waals surface area (Å²) in [6.07, 6.45) is 2.81. The highest BCUT2D eigenvalue weighted by Gasteiger charge is 2.52. The summed E-state index contributed by atoms with van der Waals surface area (Å²) < 4.78 is 51.2. The van der Waals surface area contributed by atoms with E-state index >= 15 is 0 Å². The van der Waals surface area contributed by atoms with Gasteiger partial charge in [0.1, 0.15) is 18.8 Å². The number of carboxylic acids is 1. The summed E-state index contributed by atoms with van der Waals surface area (Å²) in [6, 6.07) is 14.2. The van der Waals surface area contributed by atoms with Crippen molar-refractivity contribution in [2.24, 2.45) is 0 Å². The molecule has 0 atom stereocenters. The summed E-state index contributed by atoms with van der Waals surface area (Å²) >= 11 is 0. The van der Waals surface area contributed by atoms with Crippen LogP contribution in [0.2, 0.25) is 0 Å². The number of carbonyl (C=O) groups is 2. The Morgan fingerprint density at radius 3 is 1.75 bits per heavy atom. The molecule has 4 rings (SSSR count). The Balaban J connectivity index is 1.08. The van der Waals surface area contributed by atoms with E-state index in [-0.39, 0.29) is 25.3 Å². The van der Waals surface area contributed by atoms with Crippen molar-refractivity contribution in [2.45, 2.75) is 64.8 Å². The molecule has 12 heteroatoms. The van der Waals surface area contributed by atoms with Gasteiger partial charge in [0.25, 0.3) is 0 Å². The van der Waals surface area contributed by atoms with Gasteiger partial charge in [0.2, 0.25) is 0 Å². The van der Waals surface area contributed by atoms with Gasteiger partial charge in [-0.1, -0.05) is 48.0 Å². The molecule has 12 nitrogen and oxygen atoms in total. The Hall–Kier alpha value is -3.36. The van der Waals surface area contributed by atoms with Crippen LogP contribution in [0.3, 0.4) is 0 Å². The minimum absolute atomic E-state index is 0.0511. The van der Waals surface area contributed by atoms with Gasteiger partial charge in [0.05, 0.1) is 85.4 Å². The lowest BCUT2D eigenvalue weighted by molar-refractivity contribution is -0.154. The van der Waals surface area contributed by atoms with Gasteiger partial charge in [-0.15, -0.1) is 0 Å². The molecule has 2 aromatic carbocycles. The largest absolute Gasteiger partial charge is 0.488 e. The highest BCUT2D eigenvalue weighted by atomic mass is 16.6. The van der Waals surface area contributed by atoms with E-state index in [2.05, 4.69) is 19.1 Å². The van der Waals surface area contributed by atoms with E-state index < -0.39 is 11.6 Å². The third kappa shape index (κ3) is 13.3. The standard InChI is InChI=1S/C39H54O12/c1-29-25-30(2)35(31(3)26-29)36-37(50-27-32-7-5-4-6-8-32)39(51-38(36)42)11-9-33(10-12-39)49-24-23-47-20-19-45-16-15-43-13-14-44-17-18-46-21-22-48-28-34(40)41/h4-8,25-26,33H,9-24,27-28H2,1-3H3,(H,40,41)/t33-,39-. The molecule has 1 saturated carbocycles. The number of benzene rings is 2. The highest BCUT2D eigenvalue weighted by molar-refractivity contribution is 6.20. The molecule has 51 heavy (non-hydrogen) atoms. The van der Waals surface area contributed by atoms with Crippen molar-refractivity contribution in [3.8, 4) is 0 Å². The normalized spacial score (nSPS) is 18.8. The Morgan fingerprint density at radius 2 is 1.24 bits per heavy atom. The summed E-state index contributed by atoms with van der Waals surface area (Å²) in [5.41, 5.74) is 4.92. The summed E-state index contributed by atoms with van der Waals surface area (Å²) in [5, 5.41) is 8.47. The average molecular weight is 715 g/mol. The molecule has 0 bridgehead atoms. The van der Waals surface area contributed by atoms with Gasteiger partial charge in [0.15, 0.2) is 11.4 Å². The van der Waals surface area contributed by atoms with E-state index in [4.69, 9.17) is 47.7 Å². The number of esters is 1. The third-order valence-corrected chi connectivity index (χ3v) is 8.69. The fourth-order valence-electron chi connectivity index (χ4n) is 6.40. The second-order valence-electron chi connectivity index (χ2n) is 12.7. The van der Waals surface area contributed by atoms with E-state index in [0.29, 0.717) is 103 Å². The minimum atomic E-state index is -0.999. The molecule has 0 amide bonds. The van der Waals surface area contributed by atoms with Gasteiger partial charge in [-0.2, -0.15) is 0 Å². The van der Waals surface area contributed by atoms with Crippen LogP contribution >= 0.6 is 0 Å². The average Bonchev–Trinajstić information content (AvgIpc) is 3.36. The Bertz CT molecular complexity index is 1360. The second kappa shape index (κ2) is 21.9. The first-order chi connectivity index (χ1) is 24.8. The van der Waals surface area contributed by atoms with Crippen LogP contribution in [0.15, 0.2) is 48.2 Å². The van der Waals surface area contributed by atoms with Gasteiger partial charge in [-0.3, -0.25) is 0 Å². The van der Waals surface area contributed by atoms with Gasteiger partial charge >= 0.3 is 11.9 Å². The van der Waals surface area contributed by atoms with Crippen LogP contribution in [0.25, 0.3) is 5.57 Å². The van der Waals surface area contributed by atoms with Crippen LogP contribution in [-0.4, -0.2) is 115 Å². The van der Waals surface area contributed by atoms with Crippen LogP contribution in [0.5, 0.6) is 0 Å². The van der Waals surface area contributed by atoms with Gasteiger partial charge < -0.3 is 47.7 Å². The molecule has 1 aliphatic carbocycles. The SMILES string of the molecule is Cc1cc(C)c(C2=C(OCc3ccccc3)[C@]3(CC[C@@H](OCCOCCOCCOCCOCCOCCOCC(=O)O)CC3)OC2=O)c(C)c1. The number of carbonyl (C=O) groups excluding carboxylic acids is 1. The maximum atomic E-state index is 13.6. The van der Waals surface area contributed by atoms with Crippen molar-refractivity contribution in [2.75, 3.05) is 85.9 Å². The number of hydrogen-bond acceptors (Lipinski definition) is 11. The number of rotatable bonds is 25. The fourth-order valence-corrected chi connectivity index (χ4v) is 6.40. The first-order valence-electron chi connectivity index (χ1n) is 17.8. The van der Waals surface area contributed by atoms with Gasteiger partial charge in [-0.25, -0.2) is 9.59 Å². The van der Waals surface area contributed by atoms with Gasteiger partial charge in [-0.05, 0) is 68.7 Å². The van der Waals surface area contributed by atoms with Crippen molar-refractivity contribution < 1.29 is 57.3 Å². The lowest BCUT2D eigenvalue weighted by atomic mass is 9.80. The van der Waals surface area contributed by atoms with E-state index in [9.17, 15) is 9.59 Å². The van der Waals surface area contributed by atoms with E-state index in [1.54, 1.807) is 0 Å². The third-order valence-electron chi connectivity index (χ3n) is 8.69. The molecule has 0 unspecified atom stereocenters. The number of hydrogen-bond donors (Lipinski definition) is 1. The fraction of sp³-hybridized carbons (Fsp3) is 0.590. The summed E-state index contributed by atoms with van der Waals surface area (Å²) in [4.78, 5) is 23.9. The van der Waals surface area contributed by atoms with Gasteiger partial charge in [0, 0.05) is 0 Å². The zero-order chi connectivity index (χ0) is 36.3. The molecule has 1 aliphatic heterocycles. The quantitative estimate of drug-likeness (QED) is 0.110. The Morgan fingerprint density at radius 1 is 0.745 bits per heavy atom. The molecule has 0 aromatic heterocycles.